The van der Waals surface area contributed by atoms with E-state index in [-0.39, 0.29) is 18.3 Å². The number of carbonyl (C=O) groups excluding carboxylic acids is 1. The first-order chi connectivity index (χ1) is 9.66. The summed E-state index contributed by atoms with van der Waals surface area (Å²) in [5, 5.41) is 14.7. The van der Waals surface area contributed by atoms with Crippen molar-refractivity contribution < 1.29 is 14.7 Å². The molecule has 4 N–H and O–H groups in total. The molecule has 0 aromatic heterocycles. The molecule has 1 aliphatic carbocycles. The van der Waals surface area contributed by atoms with Gasteiger partial charge in [0.25, 0.3) is 5.91 Å². The van der Waals surface area contributed by atoms with Crippen molar-refractivity contribution >= 4 is 11.7 Å². The fourth-order valence-electron chi connectivity index (χ4n) is 2.49. The molecule has 1 aromatic carbocycles. The molecule has 108 valence electrons. The third-order valence-corrected chi connectivity index (χ3v) is 3.55. The molecule has 0 spiro atoms. The number of amidine groups is 1. The van der Waals surface area contributed by atoms with Gasteiger partial charge >= 0.3 is 0 Å². The van der Waals surface area contributed by atoms with Crippen LogP contribution in [-0.4, -0.2) is 29.1 Å². The first-order valence-corrected chi connectivity index (χ1v) is 6.63. The molecular weight excluding hydrogens is 258 g/mol. The van der Waals surface area contributed by atoms with Crippen molar-refractivity contribution in [3.8, 4) is 5.75 Å². The van der Waals surface area contributed by atoms with E-state index in [1.54, 1.807) is 12.1 Å². The zero-order valence-corrected chi connectivity index (χ0v) is 11.2. The summed E-state index contributed by atoms with van der Waals surface area (Å²) >= 11 is 0. The Morgan fingerprint density at radius 3 is 2.60 bits per heavy atom. The lowest BCUT2D eigenvalue weighted by molar-refractivity contribution is -0.124. The van der Waals surface area contributed by atoms with Crippen molar-refractivity contribution in [2.75, 3.05) is 6.61 Å². The molecule has 1 aliphatic rings. The van der Waals surface area contributed by atoms with Crippen molar-refractivity contribution in [2.24, 2.45) is 10.9 Å². The molecule has 6 heteroatoms. The van der Waals surface area contributed by atoms with E-state index in [0.29, 0.717) is 18.6 Å². The Labute approximate surface area is 117 Å². The van der Waals surface area contributed by atoms with Crippen LogP contribution < -0.4 is 15.8 Å². The van der Waals surface area contributed by atoms with E-state index < -0.39 is 5.54 Å². The van der Waals surface area contributed by atoms with Gasteiger partial charge in [-0.15, -0.1) is 0 Å². The fourth-order valence-corrected chi connectivity index (χ4v) is 2.49. The smallest absolute Gasteiger partial charge is 0.258 e. The summed E-state index contributed by atoms with van der Waals surface area (Å²) in [4.78, 5) is 12.0. The zero-order chi connectivity index (χ0) is 14.4. The number of benzene rings is 1. The maximum absolute atomic E-state index is 12.0. The summed E-state index contributed by atoms with van der Waals surface area (Å²) in [6.07, 6.45) is 3.24. The van der Waals surface area contributed by atoms with Crippen LogP contribution >= 0.6 is 0 Å². The van der Waals surface area contributed by atoms with E-state index >= 15 is 0 Å². The summed E-state index contributed by atoms with van der Waals surface area (Å²) < 4.78 is 5.38. The quantitative estimate of drug-likeness (QED) is 0.326. The minimum atomic E-state index is -0.730. The van der Waals surface area contributed by atoms with E-state index in [9.17, 15) is 4.79 Å². The van der Waals surface area contributed by atoms with Crippen LogP contribution in [0.1, 0.15) is 25.7 Å². The molecule has 1 amide bonds. The fraction of sp³-hybridized carbons (Fsp3) is 0.429. The van der Waals surface area contributed by atoms with Crippen LogP contribution in [0.15, 0.2) is 35.5 Å². The van der Waals surface area contributed by atoms with Crippen LogP contribution in [0.4, 0.5) is 0 Å². The monoisotopic (exact) mass is 277 g/mol. The van der Waals surface area contributed by atoms with E-state index in [0.717, 1.165) is 12.8 Å². The average molecular weight is 277 g/mol. The van der Waals surface area contributed by atoms with Gasteiger partial charge in [-0.05, 0) is 25.0 Å². The van der Waals surface area contributed by atoms with Crippen molar-refractivity contribution in [2.45, 2.75) is 31.2 Å². The highest BCUT2D eigenvalue weighted by Gasteiger charge is 2.39. The van der Waals surface area contributed by atoms with Crippen molar-refractivity contribution in [1.82, 2.24) is 5.32 Å². The number of nitrogens with one attached hydrogen (secondary N) is 1. The number of rotatable bonds is 5. The summed E-state index contributed by atoms with van der Waals surface area (Å²) in [5.74, 6) is 0.414. The Balaban J connectivity index is 1.93. The lowest BCUT2D eigenvalue weighted by Gasteiger charge is -2.28. The normalized spacial score (nSPS) is 17.7. The maximum Gasteiger partial charge on any atom is 0.258 e. The number of oxime groups is 1. The molecule has 0 unspecified atom stereocenters. The van der Waals surface area contributed by atoms with Crippen LogP contribution in [0.3, 0.4) is 0 Å². The third kappa shape index (κ3) is 3.20. The molecule has 0 aliphatic heterocycles. The number of carbonyl (C=O) groups is 1. The van der Waals surface area contributed by atoms with Gasteiger partial charge < -0.3 is 21.0 Å². The predicted molar refractivity (Wildman–Crippen MR) is 74.7 cm³/mol. The average Bonchev–Trinajstić information content (AvgIpc) is 2.95. The number of nitrogens with zero attached hydrogens (tertiary/aromatic N) is 1. The molecule has 0 saturated heterocycles. The molecule has 1 aromatic rings. The number of hydrogen-bond acceptors (Lipinski definition) is 4. The van der Waals surface area contributed by atoms with Crippen LogP contribution in [0, 0.1) is 0 Å². The molecule has 1 saturated carbocycles. The number of para-hydroxylation sites is 1. The van der Waals surface area contributed by atoms with Gasteiger partial charge in [-0.3, -0.25) is 4.79 Å². The number of amides is 1. The van der Waals surface area contributed by atoms with Gasteiger partial charge in [0.1, 0.15) is 11.3 Å². The van der Waals surface area contributed by atoms with Crippen LogP contribution in [0.5, 0.6) is 5.75 Å². The minimum Gasteiger partial charge on any atom is -0.484 e. The number of ether oxygens (including phenoxy) is 1. The lowest BCUT2D eigenvalue weighted by atomic mass is 9.96. The van der Waals surface area contributed by atoms with Gasteiger partial charge in [-0.2, -0.15) is 0 Å². The molecule has 0 bridgehead atoms. The zero-order valence-electron chi connectivity index (χ0n) is 11.2. The summed E-state index contributed by atoms with van der Waals surface area (Å²) in [5.41, 5.74) is 4.98. The van der Waals surface area contributed by atoms with E-state index in [2.05, 4.69) is 10.5 Å². The predicted octanol–water partition coefficient (Wildman–Crippen LogP) is 1.24. The highest BCUT2D eigenvalue weighted by Crippen LogP contribution is 2.29. The standard InChI is InChI=1S/C14H19N3O3/c15-13(17-19)14(8-4-5-9-14)16-12(18)10-20-11-6-2-1-3-7-11/h1-3,6-7,19H,4-5,8-10H2,(H2,15,17)(H,16,18). The van der Waals surface area contributed by atoms with Gasteiger partial charge in [-0.1, -0.05) is 36.2 Å². The summed E-state index contributed by atoms with van der Waals surface area (Å²) in [6.45, 7) is -0.0928. The molecule has 20 heavy (non-hydrogen) atoms. The molecular formula is C14H19N3O3. The minimum absolute atomic E-state index is 0.0584. The lowest BCUT2D eigenvalue weighted by Crippen LogP contribution is -2.56. The van der Waals surface area contributed by atoms with Crippen LogP contribution in [0.2, 0.25) is 0 Å². The van der Waals surface area contributed by atoms with E-state index in [4.69, 9.17) is 15.7 Å². The first kappa shape index (κ1) is 14.2. The second kappa shape index (κ2) is 6.27. The van der Waals surface area contributed by atoms with Gasteiger partial charge in [0.05, 0.1) is 0 Å². The van der Waals surface area contributed by atoms with Gasteiger partial charge in [0.2, 0.25) is 0 Å². The largest absolute Gasteiger partial charge is 0.484 e. The second-order valence-electron chi connectivity index (χ2n) is 4.92. The van der Waals surface area contributed by atoms with Crippen molar-refractivity contribution in [3.05, 3.63) is 30.3 Å². The van der Waals surface area contributed by atoms with Crippen LogP contribution in [0.25, 0.3) is 0 Å². The number of hydrogen-bond donors (Lipinski definition) is 3. The first-order valence-electron chi connectivity index (χ1n) is 6.63. The highest BCUT2D eigenvalue weighted by molar-refractivity contribution is 5.94. The third-order valence-electron chi connectivity index (χ3n) is 3.55. The maximum atomic E-state index is 12.0. The van der Waals surface area contributed by atoms with Gasteiger partial charge in [-0.25, -0.2) is 0 Å². The summed E-state index contributed by atoms with van der Waals surface area (Å²) in [6, 6.07) is 9.10. The van der Waals surface area contributed by atoms with Crippen molar-refractivity contribution in [1.29, 1.82) is 0 Å². The van der Waals surface area contributed by atoms with Crippen molar-refractivity contribution in [3.63, 3.8) is 0 Å². The SMILES string of the molecule is NC(=NO)C1(NC(=O)COc2ccccc2)CCCC1. The van der Waals surface area contributed by atoms with E-state index in [1.807, 2.05) is 18.2 Å². The molecule has 0 atom stereocenters. The Kier molecular flexibility index (Phi) is 4.45. The Morgan fingerprint density at radius 1 is 1.35 bits per heavy atom. The molecule has 0 radical (unpaired) electrons. The Morgan fingerprint density at radius 2 is 2.00 bits per heavy atom. The molecule has 1 fully saturated rings. The van der Waals surface area contributed by atoms with Gasteiger partial charge in [0, 0.05) is 0 Å². The molecule has 6 nitrogen and oxygen atoms in total. The van der Waals surface area contributed by atoms with Gasteiger partial charge in [0.15, 0.2) is 12.4 Å². The number of nitrogens with two attached hydrogens (primary N) is 1. The Hall–Kier alpha value is -2.24. The Bertz CT molecular complexity index is 482. The topological polar surface area (TPSA) is 96.9 Å². The molecule has 0 heterocycles. The second-order valence-corrected chi connectivity index (χ2v) is 4.92. The van der Waals surface area contributed by atoms with E-state index in [1.165, 1.54) is 0 Å². The highest BCUT2D eigenvalue weighted by atomic mass is 16.5. The van der Waals surface area contributed by atoms with Crippen LogP contribution in [-0.2, 0) is 4.79 Å². The summed E-state index contributed by atoms with van der Waals surface area (Å²) in [7, 11) is 0. The molecule has 2 rings (SSSR count).